The fourth-order valence-corrected chi connectivity index (χ4v) is 12.0. The summed E-state index contributed by atoms with van der Waals surface area (Å²) in [6.07, 6.45) is 24.0. The van der Waals surface area contributed by atoms with Crippen LogP contribution in [0.1, 0.15) is 225 Å². The van der Waals surface area contributed by atoms with Crippen LogP contribution in [0.3, 0.4) is 0 Å². The first kappa shape index (κ1) is 83.9. The second kappa shape index (κ2) is 46.0. The van der Waals surface area contributed by atoms with E-state index in [4.69, 9.17) is 39.1 Å². The highest BCUT2D eigenvalue weighted by atomic mass is 31.2. The molecule has 0 atom stereocenters. The molecule has 0 heterocycles. The number of hydrogen-bond donors (Lipinski definition) is 16. The Kier molecular flexibility index (Phi) is 43.9. The zero-order chi connectivity index (χ0) is 66.4. The van der Waals surface area contributed by atoms with Crippen molar-refractivity contribution in [2.24, 2.45) is 10.8 Å². The van der Waals surface area contributed by atoms with Crippen molar-refractivity contribution in [1.29, 1.82) is 0 Å². The highest BCUT2D eigenvalue weighted by molar-refractivity contribution is 7.53. The minimum Gasteiger partial charge on any atom is -0.395 e. The van der Waals surface area contributed by atoms with E-state index in [9.17, 15) is 40.9 Å². The molecule has 4 rings (SSSR count). The molecule has 4 aromatic carbocycles. The van der Waals surface area contributed by atoms with Crippen molar-refractivity contribution >= 4 is 34.4 Å². The van der Waals surface area contributed by atoms with E-state index in [1.54, 1.807) is 0 Å². The molecule has 18 nitrogen and oxygen atoms in total. The molecular weight excluding hydrogens is 1200 g/mol. The van der Waals surface area contributed by atoms with Gasteiger partial charge in [0.2, 0.25) is 0 Å². The summed E-state index contributed by atoms with van der Waals surface area (Å²) >= 11 is 0. The molecule has 0 aliphatic carbocycles. The minimum absolute atomic E-state index is 0.536. The number of aliphatic hydroxyl groups is 8. The molecule has 0 fully saturated rings. The zero-order valence-corrected chi connectivity index (χ0v) is 57.5. The van der Waals surface area contributed by atoms with E-state index in [0.29, 0.717) is 22.3 Å². The summed E-state index contributed by atoms with van der Waals surface area (Å²) in [5, 5.41) is 89.5. The average Bonchev–Trinajstić information content (AvgIpc) is 0.790. The normalized spacial score (nSPS) is 12.1. The first-order valence-corrected chi connectivity index (χ1v) is 36.4. The molecule has 504 valence electrons. The van der Waals surface area contributed by atoms with Crippen molar-refractivity contribution in [2.75, 3.05) is 39.6 Å². The van der Waals surface area contributed by atoms with Crippen LogP contribution in [0, 0.1) is 10.8 Å². The molecule has 88 heavy (non-hydrogen) atoms. The van der Waals surface area contributed by atoms with E-state index in [2.05, 4.69) is 113 Å². The van der Waals surface area contributed by atoms with E-state index >= 15 is 0 Å². The number of aliphatic hydroxyl groups excluding tert-OH is 6. The van der Waals surface area contributed by atoms with E-state index in [-0.39, 0.29) is 0 Å². The Bertz CT molecular complexity index is 2130. The first-order chi connectivity index (χ1) is 42.1. The van der Waals surface area contributed by atoms with Crippen molar-refractivity contribution in [3.8, 4) is 0 Å². The maximum atomic E-state index is 12.9. The van der Waals surface area contributed by atoms with Crippen molar-refractivity contribution in [2.45, 2.75) is 221 Å². The summed E-state index contributed by atoms with van der Waals surface area (Å²) in [6, 6.07) is 25.0. The molecule has 0 saturated carbocycles. The van der Waals surface area contributed by atoms with E-state index in [1.807, 2.05) is 24.3 Å². The van der Waals surface area contributed by atoms with Crippen molar-refractivity contribution < 1.29 is 88.6 Å². The Hall–Kier alpha value is -2.12. The fourth-order valence-electron chi connectivity index (χ4n) is 11.0. The summed E-state index contributed by atoms with van der Waals surface area (Å²) in [5.74, 6) is 0. The van der Waals surface area contributed by atoms with Gasteiger partial charge in [-0.15, -0.1) is 0 Å². The summed E-state index contributed by atoms with van der Waals surface area (Å²) in [7, 11) is -10.4. The van der Waals surface area contributed by atoms with Gasteiger partial charge in [0, 0.05) is 0 Å². The van der Waals surface area contributed by atoms with Crippen LogP contribution in [0.25, 0.3) is 0 Å². The van der Waals surface area contributed by atoms with Gasteiger partial charge < -0.3 is 80.0 Å². The molecule has 0 spiro atoms. The smallest absolute Gasteiger partial charge is 0.334 e. The first-order valence-electron chi connectivity index (χ1n) is 31.7. The Balaban J connectivity index is 0.000000721. The van der Waals surface area contributed by atoms with Crippen molar-refractivity contribution in [3.05, 3.63) is 140 Å². The van der Waals surface area contributed by atoms with E-state index in [0.717, 1.165) is 176 Å². The third kappa shape index (κ3) is 25.6. The molecule has 0 saturated heterocycles. The standard InChI is InChI=1S/2C33H52O4.2H4O5P2/c2*1-5-9-13-26-17-19-30(28(21-26)15-11-7-3)33(37,32(23-34,24-35)25-36)31-20-18-27(14-10-6-2)22-29(31)16-12-8-4;2*1-6(2)5-7(3)4/h2*17-22,34-37H,5-16,23-25H2,1-4H3;2*1-4H. The summed E-state index contributed by atoms with van der Waals surface area (Å²) in [4.78, 5) is 62.5. The second-order valence-corrected chi connectivity index (χ2v) is 26.2. The number of hydrogen-bond acceptors (Lipinski definition) is 18. The van der Waals surface area contributed by atoms with Crippen LogP contribution in [0.4, 0.5) is 0 Å². The van der Waals surface area contributed by atoms with Gasteiger partial charge in [-0.25, -0.2) is 8.62 Å². The SMILES string of the molecule is CCCCc1ccc(C(O)(c2ccc(CCCC)cc2CCCC)C(CO)(CO)CO)c(CCCC)c1.CCCCc1ccc(C(O)(c2ccc(CCCC)cc2CCCC)C(CO)(CO)CO)c(CCCC)c1.OP(O)OP(O)O.OP(O)OP(O)O. The Morgan fingerprint density at radius 1 is 0.284 bits per heavy atom. The number of benzene rings is 4. The van der Waals surface area contributed by atoms with Crippen LogP contribution in [0.5, 0.6) is 0 Å². The lowest BCUT2D eigenvalue weighted by atomic mass is 9.63. The van der Waals surface area contributed by atoms with Gasteiger partial charge in [-0.2, -0.15) is 0 Å². The molecule has 16 N–H and O–H groups in total. The molecule has 4 aromatic rings. The maximum absolute atomic E-state index is 12.9. The van der Waals surface area contributed by atoms with Crippen molar-refractivity contribution in [1.82, 2.24) is 0 Å². The monoisotopic (exact) mass is 1320 g/mol. The third-order valence-electron chi connectivity index (χ3n) is 16.4. The fraction of sp³-hybridized carbons (Fsp3) is 0.636. The molecule has 0 aromatic heterocycles. The lowest BCUT2D eigenvalue weighted by molar-refractivity contribution is -0.137. The van der Waals surface area contributed by atoms with E-state index in [1.165, 1.54) is 22.3 Å². The molecule has 0 aliphatic heterocycles. The highest BCUT2D eigenvalue weighted by Crippen LogP contribution is 2.50. The zero-order valence-electron chi connectivity index (χ0n) is 53.9. The molecule has 0 bridgehead atoms. The van der Waals surface area contributed by atoms with Gasteiger partial charge in [-0.3, -0.25) is 0 Å². The maximum Gasteiger partial charge on any atom is 0.334 e. The van der Waals surface area contributed by atoms with Gasteiger partial charge in [0.15, 0.2) is 0 Å². The lowest BCUT2D eigenvalue weighted by Crippen LogP contribution is -2.55. The van der Waals surface area contributed by atoms with Crippen LogP contribution >= 0.6 is 34.4 Å². The lowest BCUT2D eigenvalue weighted by Gasteiger charge is -2.47. The predicted molar refractivity (Wildman–Crippen MR) is 356 cm³/mol. The summed E-state index contributed by atoms with van der Waals surface area (Å²) in [5.41, 5.74) is 5.30. The Morgan fingerprint density at radius 3 is 0.591 bits per heavy atom. The average molecular weight is 1320 g/mol. The van der Waals surface area contributed by atoms with Gasteiger partial charge >= 0.3 is 34.4 Å². The minimum atomic E-state index is -2.61. The summed E-state index contributed by atoms with van der Waals surface area (Å²) < 4.78 is 7.20. The quantitative estimate of drug-likeness (QED) is 0.0184. The van der Waals surface area contributed by atoms with Crippen LogP contribution in [0.2, 0.25) is 0 Å². The number of rotatable bonds is 40. The predicted octanol–water partition coefficient (Wildman–Crippen LogP) is 11.4. The third-order valence-corrected chi connectivity index (χ3v) is 18.7. The Morgan fingerprint density at radius 2 is 0.455 bits per heavy atom. The van der Waals surface area contributed by atoms with E-state index < -0.39 is 96.1 Å². The summed E-state index contributed by atoms with van der Waals surface area (Å²) in [6.45, 7) is 14.2. The number of unbranched alkanes of at least 4 members (excludes halogenated alkanes) is 8. The molecule has 0 radical (unpaired) electrons. The molecule has 0 amide bonds. The van der Waals surface area contributed by atoms with Crippen LogP contribution in [0.15, 0.2) is 72.8 Å². The van der Waals surface area contributed by atoms with Gasteiger partial charge in [-0.1, -0.05) is 180 Å². The molecule has 0 aliphatic rings. The molecule has 0 unspecified atom stereocenters. The Labute approximate surface area is 531 Å². The topological polar surface area (TPSA) is 342 Å². The van der Waals surface area contributed by atoms with Gasteiger partial charge in [0.05, 0.1) is 50.5 Å². The molecular formula is C66H112O18P4. The van der Waals surface area contributed by atoms with Gasteiger partial charge in [-0.05, 0) is 169 Å². The van der Waals surface area contributed by atoms with Crippen LogP contribution in [-0.4, -0.2) is 120 Å². The van der Waals surface area contributed by atoms with Crippen LogP contribution in [-0.2, 0) is 71.2 Å². The van der Waals surface area contributed by atoms with Gasteiger partial charge in [0.25, 0.3) is 0 Å². The van der Waals surface area contributed by atoms with Gasteiger partial charge in [0.1, 0.15) is 11.2 Å². The largest absolute Gasteiger partial charge is 0.395 e. The van der Waals surface area contributed by atoms with Crippen LogP contribution < -0.4 is 0 Å². The highest BCUT2D eigenvalue weighted by Gasteiger charge is 2.55. The van der Waals surface area contributed by atoms with Crippen molar-refractivity contribution in [3.63, 3.8) is 0 Å². The molecule has 22 heteroatoms. The number of aryl methyl sites for hydroxylation is 8. The second-order valence-electron chi connectivity index (χ2n) is 22.9.